The van der Waals surface area contributed by atoms with Crippen LogP contribution in [0.2, 0.25) is 0 Å². The normalized spacial score (nSPS) is 11.3. The fourth-order valence-corrected chi connectivity index (χ4v) is 3.24. The number of hydrogen-bond acceptors (Lipinski definition) is 3. The summed E-state index contributed by atoms with van der Waals surface area (Å²) in [4.78, 5) is 14.4. The zero-order valence-corrected chi connectivity index (χ0v) is 15.5. The number of allylic oxidation sites excluding steroid dienone is 1. The van der Waals surface area contributed by atoms with Gasteiger partial charge in [-0.3, -0.25) is 10.0 Å². The molecule has 2 aromatic carbocycles. The smallest absolute Gasteiger partial charge is 0.267 e. The lowest BCUT2D eigenvalue weighted by atomic mass is 10.1. The molecule has 0 bridgehead atoms. The summed E-state index contributed by atoms with van der Waals surface area (Å²) in [5, 5.41) is 13.3. The molecule has 0 radical (unpaired) electrons. The van der Waals surface area contributed by atoms with Crippen LogP contribution in [0.25, 0.3) is 10.9 Å². The van der Waals surface area contributed by atoms with Gasteiger partial charge in [0.15, 0.2) is 0 Å². The SMILES string of the molecule is Cc1[nH]c2ccccc2c1CCNCc1ccc(C/C=C/C(=O)NO)cc1. The molecule has 27 heavy (non-hydrogen) atoms. The van der Waals surface area contributed by atoms with Crippen LogP contribution in [0.5, 0.6) is 0 Å². The highest BCUT2D eigenvalue weighted by Crippen LogP contribution is 2.21. The van der Waals surface area contributed by atoms with Crippen LogP contribution in [0.15, 0.2) is 60.7 Å². The van der Waals surface area contributed by atoms with E-state index in [-0.39, 0.29) is 0 Å². The van der Waals surface area contributed by atoms with Gasteiger partial charge < -0.3 is 10.3 Å². The fraction of sp³-hybridized carbons (Fsp3) is 0.227. The topological polar surface area (TPSA) is 77.2 Å². The summed E-state index contributed by atoms with van der Waals surface area (Å²) in [6.07, 6.45) is 4.69. The van der Waals surface area contributed by atoms with E-state index in [1.807, 2.05) is 0 Å². The molecule has 0 atom stereocenters. The predicted molar refractivity (Wildman–Crippen MR) is 108 cm³/mol. The lowest BCUT2D eigenvalue weighted by molar-refractivity contribution is -0.124. The molecule has 1 heterocycles. The fourth-order valence-electron chi connectivity index (χ4n) is 3.24. The molecule has 0 saturated carbocycles. The maximum Gasteiger partial charge on any atom is 0.267 e. The minimum absolute atomic E-state index is 0.513. The molecule has 0 saturated heterocycles. The number of aryl methyl sites for hydroxylation is 1. The van der Waals surface area contributed by atoms with Crippen LogP contribution in [0, 0.1) is 6.92 Å². The van der Waals surface area contributed by atoms with E-state index in [1.165, 1.54) is 33.8 Å². The second-order valence-corrected chi connectivity index (χ2v) is 6.60. The molecule has 0 aliphatic rings. The summed E-state index contributed by atoms with van der Waals surface area (Å²) in [5.41, 5.74) is 7.75. The quantitative estimate of drug-likeness (QED) is 0.214. The molecule has 1 aromatic heterocycles. The van der Waals surface area contributed by atoms with E-state index in [0.29, 0.717) is 6.42 Å². The number of carbonyl (C=O) groups is 1. The first-order valence-corrected chi connectivity index (χ1v) is 9.12. The van der Waals surface area contributed by atoms with Gasteiger partial charge in [0.2, 0.25) is 0 Å². The summed E-state index contributed by atoms with van der Waals surface area (Å²) < 4.78 is 0. The standard InChI is InChI=1S/C22H25N3O2/c1-16-19(20-6-2-3-7-21(20)24-16)13-14-23-15-18-11-9-17(10-12-18)5-4-8-22(26)25-27/h2-4,6-12,23-24,27H,5,13-15H2,1H3,(H,25,26)/b8-4+. The molecule has 3 aromatic rings. The van der Waals surface area contributed by atoms with Crippen molar-refractivity contribution < 1.29 is 10.0 Å². The number of aromatic amines is 1. The molecule has 4 N–H and O–H groups in total. The molecule has 0 fully saturated rings. The van der Waals surface area contributed by atoms with Gasteiger partial charge in [0.25, 0.3) is 5.91 Å². The number of fused-ring (bicyclic) bond motifs is 1. The third-order valence-electron chi connectivity index (χ3n) is 4.66. The average Bonchev–Trinajstić information content (AvgIpc) is 3.01. The van der Waals surface area contributed by atoms with Crippen LogP contribution in [-0.4, -0.2) is 22.6 Å². The van der Waals surface area contributed by atoms with E-state index in [9.17, 15) is 4.79 Å². The number of amides is 1. The third kappa shape index (κ3) is 5.06. The Morgan fingerprint density at radius 3 is 2.63 bits per heavy atom. The molecule has 5 heteroatoms. The summed E-state index contributed by atoms with van der Waals surface area (Å²) in [7, 11) is 0. The molecule has 0 unspecified atom stereocenters. The van der Waals surface area contributed by atoms with Crippen LogP contribution < -0.4 is 10.8 Å². The molecule has 1 amide bonds. The van der Waals surface area contributed by atoms with Crippen molar-refractivity contribution in [3.8, 4) is 0 Å². The highest BCUT2D eigenvalue weighted by molar-refractivity contribution is 5.86. The summed E-state index contributed by atoms with van der Waals surface area (Å²) in [6.45, 7) is 3.88. The number of hydroxylamine groups is 1. The van der Waals surface area contributed by atoms with Gasteiger partial charge in [-0.15, -0.1) is 0 Å². The van der Waals surface area contributed by atoms with Gasteiger partial charge in [-0.2, -0.15) is 0 Å². The first-order valence-electron chi connectivity index (χ1n) is 9.12. The number of hydrogen-bond donors (Lipinski definition) is 4. The first-order chi connectivity index (χ1) is 13.2. The van der Waals surface area contributed by atoms with E-state index >= 15 is 0 Å². The summed E-state index contributed by atoms with van der Waals surface area (Å²) >= 11 is 0. The van der Waals surface area contributed by atoms with Crippen molar-refractivity contribution in [2.75, 3.05) is 6.54 Å². The van der Waals surface area contributed by atoms with Crippen molar-refractivity contribution in [3.63, 3.8) is 0 Å². The first kappa shape index (κ1) is 18.9. The van der Waals surface area contributed by atoms with Gasteiger partial charge in [0.05, 0.1) is 0 Å². The Hall–Kier alpha value is -2.89. The van der Waals surface area contributed by atoms with Crippen molar-refractivity contribution in [2.24, 2.45) is 0 Å². The van der Waals surface area contributed by atoms with Crippen molar-refractivity contribution in [1.82, 2.24) is 15.8 Å². The van der Waals surface area contributed by atoms with Crippen LogP contribution >= 0.6 is 0 Å². The van der Waals surface area contributed by atoms with E-state index in [1.54, 1.807) is 11.6 Å². The van der Waals surface area contributed by atoms with E-state index < -0.39 is 5.91 Å². The van der Waals surface area contributed by atoms with Crippen LogP contribution in [0.3, 0.4) is 0 Å². The molecular formula is C22H25N3O2. The Bertz CT molecular complexity index is 926. The average molecular weight is 363 g/mol. The molecule has 140 valence electrons. The second-order valence-electron chi connectivity index (χ2n) is 6.60. The van der Waals surface area contributed by atoms with Crippen molar-refractivity contribution >= 4 is 16.8 Å². The van der Waals surface area contributed by atoms with Gasteiger partial charge >= 0.3 is 0 Å². The second kappa shape index (κ2) is 9.16. The van der Waals surface area contributed by atoms with Gasteiger partial charge in [0, 0.05) is 29.2 Å². The highest BCUT2D eigenvalue weighted by atomic mass is 16.5. The summed E-state index contributed by atoms with van der Waals surface area (Å²) in [6, 6.07) is 16.7. The Kier molecular flexibility index (Phi) is 6.41. The number of aromatic nitrogens is 1. The Morgan fingerprint density at radius 1 is 1.11 bits per heavy atom. The zero-order valence-electron chi connectivity index (χ0n) is 15.5. The van der Waals surface area contributed by atoms with Gasteiger partial charge in [-0.1, -0.05) is 48.5 Å². The Balaban J connectivity index is 1.47. The van der Waals surface area contributed by atoms with Crippen molar-refractivity contribution in [2.45, 2.75) is 26.3 Å². The summed E-state index contributed by atoms with van der Waals surface area (Å²) in [5.74, 6) is -0.513. The number of carbonyl (C=O) groups excluding carboxylic acids is 1. The number of nitrogens with one attached hydrogen (secondary N) is 3. The lowest BCUT2D eigenvalue weighted by Gasteiger charge is -2.06. The third-order valence-corrected chi connectivity index (χ3v) is 4.66. The van der Waals surface area contributed by atoms with Gasteiger partial charge in [-0.05, 0) is 49.1 Å². The van der Waals surface area contributed by atoms with E-state index in [4.69, 9.17) is 5.21 Å². The molecule has 0 aliphatic heterocycles. The maximum atomic E-state index is 10.9. The zero-order chi connectivity index (χ0) is 19.1. The molecular weight excluding hydrogens is 338 g/mol. The Morgan fingerprint density at radius 2 is 1.85 bits per heavy atom. The number of H-pyrrole nitrogens is 1. The highest BCUT2D eigenvalue weighted by Gasteiger charge is 2.07. The largest absolute Gasteiger partial charge is 0.358 e. The minimum atomic E-state index is -0.513. The van der Waals surface area contributed by atoms with E-state index in [2.05, 4.69) is 65.8 Å². The van der Waals surface area contributed by atoms with Crippen molar-refractivity contribution in [3.05, 3.63) is 83.1 Å². The monoisotopic (exact) mass is 363 g/mol. The molecule has 0 spiro atoms. The number of para-hydroxylation sites is 1. The number of benzene rings is 2. The molecule has 3 rings (SSSR count). The number of rotatable bonds is 8. The van der Waals surface area contributed by atoms with Crippen LogP contribution in [0.4, 0.5) is 0 Å². The van der Waals surface area contributed by atoms with Crippen LogP contribution in [0.1, 0.15) is 22.4 Å². The predicted octanol–water partition coefficient (Wildman–Crippen LogP) is 3.41. The van der Waals surface area contributed by atoms with Gasteiger partial charge in [-0.25, -0.2) is 5.48 Å². The minimum Gasteiger partial charge on any atom is -0.358 e. The van der Waals surface area contributed by atoms with Crippen molar-refractivity contribution in [1.29, 1.82) is 0 Å². The maximum absolute atomic E-state index is 10.9. The van der Waals surface area contributed by atoms with Crippen LogP contribution in [-0.2, 0) is 24.2 Å². The van der Waals surface area contributed by atoms with E-state index in [0.717, 1.165) is 25.1 Å². The Labute approximate surface area is 159 Å². The molecule has 0 aliphatic carbocycles. The van der Waals surface area contributed by atoms with Gasteiger partial charge in [0.1, 0.15) is 0 Å². The molecule has 5 nitrogen and oxygen atoms in total. The lowest BCUT2D eigenvalue weighted by Crippen LogP contribution is -2.16.